The van der Waals surface area contributed by atoms with Gasteiger partial charge in [-0.05, 0) is 25.5 Å². The van der Waals surface area contributed by atoms with E-state index in [9.17, 15) is 9.90 Å². The number of hydrazone groups is 1. The first-order valence-corrected chi connectivity index (χ1v) is 8.45. The fraction of sp³-hybridized carbons (Fsp3) is 0.556. The van der Waals surface area contributed by atoms with Gasteiger partial charge in [0.15, 0.2) is 11.5 Å². The highest BCUT2D eigenvalue weighted by atomic mass is 16.5. The van der Waals surface area contributed by atoms with Gasteiger partial charge in [0.05, 0.1) is 12.8 Å². The first-order valence-electron chi connectivity index (χ1n) is 8.45. The van der Waals surface area contributed by atoms with Crippen LogP contribution in [-0.2, 0) is 4.79 Å². The minimum absolute atomic E-state index is 0.0308. The average Bonchev–Trinajstić information content (AvgIpc) is 2.54. The normalized spacial score (nSPS) is 10.9. The first kappa shape index (κ1) is 19.0. The Morgan fingerprint density at radius 1 is 1.22 bits per heavy atom. The number of nitrogens with zero attached hydrogens (tertiary/aromatic N) is 1. The number of phenolic OH excluding ortho intramolecular Hbond substituents is 1. The fourth-order valence-electron chi connectivity index (χ4n) is 2.21. The van der Waals surface area contributed by atoms with E-state index in [2.05, 4.69) is 17.5 Å². The maximum absolute atomic E-state index is 11.7. The Kier molecular flexibility index (Phi) is 9.52. The number of carbonyl (C=O) groups is 1. The summed E-state index contributed by atoms with van der Waals surface area (Å²) in [5.41, 5.74) is 3.00. The van der Waals surface area contributed by atoms with E-state index in [1.807, 2.05) is 6.92 Å². The Hall–Kier alpha value is -2.04. The third-order valence-corrected chi connectivity index (χ3v) is 3.48. The van der Waals surface area contributed by atoms with Gasteiger partial charge < -0.3 is 9.84 Å². The van der Waals surface area contributed by atoms with Crippen LogP contribution in [0, 0.1) is 0 Å². The molecular formula is C18H28N2O3. The highest BCUT2D eigenvalue weighted by Gasteiger charge is 2.06. The Labute approximate surface area is 138 Å². The molecule has 0 radical (unpaired) electrons. The number of phenols is 1. The second-order valence-electron chi connectivity index (χ2n) is 5.44. The van der Waals surface area contributed by atoms with Crippen molar-refractivity contribution < 1.29 is 14.6 Å². The van der Waals surface area contributed by atoms with Gasteiger partial charge in [-0.15, -0.1) is 0 Å². The molecule has 1 aromatic rings. The van der Waals surface area contributed by atoms with Crippen molar-refractivity contribution in [2.75, 3.05) is 6.61 Å². The van der Waals surface area contributed by atoms with Crippen molar-refractivity contribution >= 4 is 12.1 Å². The molecule has 0 aliphatic carbocycles. The summed E-state index contributed by atoms with van der Waals surface area (Å²) in [7, 11) is 0. The lowest BCUT2D eigenvalue weighted by Gasteiger charge is -2.07. The van der Waals surface area contributed by atoms with Gasteiger partial charge in [0.2, 0.25) is 5.91 Å². The van der Waals surface area contributed by atoms with Crippen LogP contribution in [0.15, 0.2) is 23.3 Å². The van der Waals surface area contributed by atoms with Gasteiger partial charge in [0.1, 0.15) is 0 Å². The van der Waals surface area contributed by atoms with Crippen molar-refractivity contribution in [3.05, 3.63) is 23.8 Å². The average molecular weight is 320 g/mol. The predicted molar refractivity (Wildman–Crippen MR) is 93.0 cm³/mol. The summed E-state index contributed by atoms with van der Waals surface area (Å²) < 4.78 is 5.30. The number of amides is 1. The van der Waals surface area contributed by atoms with E-state index in [1.54, 1.807) is 18.2 Å². The van der Waals surface area contributed by atoms with Crippen LogP contribution in [0.2, 0.25) is 0 Å². The molecule has 0 heterocycles. The Balaban J connectivity index is 2.32. The quantitative estimate of drug-likeness (QED) is 0.368. The number of unbranched alkanes of at least 4 members (excludes halogenated alkanes) is 5. The monoisotopic (exact) mass is 320 g/mol. The molecule has 0 bridgehead atoms. The van der Waals surface area contributed by atoms with E-state index in [4.69, 9.17) is 4.74 Å². The van der Waals surface area contributed by atoms with E-state index in [1.165, 1.54) is 31.9 Å². The van der Waals surface area contributed by atoms with Crippen LogP contribution in [0.4, 0.5) is 0 Å². The molecule has 0 saturated carbocycles. The molecule has 0 unspecified atom stereocenters. The van der Waals surface area contributed by atoms with Crippen molar-refractivity contribution in [2.24, 2.45) is 5.10 Å². The Bertz CT molecular complexity index is 501. The van der Waals surface area contributed by atoms with Gasteiger partial charge in [-0.2, -0.15) is 5.10 Å². The molecular weight excluding hydrogens is 292 g/mol. The number of rotatable bonds is 11. The summed E-state index contributed by atoms with van der Waals surface area (Å²) >= 11 is 0. The molecule has 5 nitrogen and oxygen atoms in total. The van der Waals surface area contributed by atoms with E-state index < -0.39 is 0 Å². The molecule has 1 amide bonds. The summed E-state index contributed by atoms with van der Waals surface area (Å²) in [6, 6.07) is 5.17. The van der Waals surface area contributed by atoms with Crippen LogP contribution >= 0.6 is 0 Å². The molecule has 5 heteroatoms. The summed E-state index contributed by atoms with van der Waals surface area (Å²) in [4.78, 5) is 11.7. The second-order valence-corrected chi connectivity index (χ2v) is 5.44. The maximum atomic E-state index is 11.7. The number of carbonyl (C=O) groups excluding carboxylic acids is 1. The Morgan fingerprint density at radius 3 is 2.70 bits per heavy atom. The molecule has 23 heavy (non-hydrogen) atoms. The van der Waals surface area contributed by atoms with E-state index in [0.29, 0.717) is 24.3 Å². The van der Waals surface area contributed by atoms with Crippen LogP contribution in [0.25, 0.3) is 0 Å². The topological polar surface area (TPSA) is 70.9 Å². The van der Waals surface area contributed by atoms with E-state index in [0.717, 1.165) is 12.8 Å². The Morgan fingerprint density at radius 2 is 1.96 bits per heavy atom. The van der Waals surface area contributed by atoms with Gasteiger partial charge in [0.25, 0.3) is 0 Å². The zero-order valence-electron chi connectivity index (χ0n) is 14.2. The molecule has 0 aliphatic heterocycles. The van der Waals surface area contributed by atoms with Gasteiger partial charge in [0, 0.05) is 12.0 Å². The van der Waals surface area contributed by atoms with Crippen molar-refractivity contribution in [2.45, 2.75) is 58.8 Å². The highest BCUT2D eigenvalue weighted by Crippen LogP contribution is 2.28. The minimum atomic E-state index is -0.0998. The molecule has 2 N–H and O–H groups in total. The van der Waals surface area contributed by atoms with Crippen LogP contribution in [-0.4, -0.2) is 23.8 Å². The molecule has 0 saturated heterocycles. The standard InChI is InChI=1S/C18H28N2O3/c1-3-5-6-7-8-9-13-17(21)20-19-14-15-11-10-12-16(18(15)22)23-4-2/h10-12,14,22H,3-9,13H2,1-2H3,(H,20,21)/b19-14+. The molecule has 0 spiro atoms. The lowest BCUT2D eigenvalue weighted by atomic mass is 10.1. The lowest BCUT2D eigenvalue weighted by molar-refractivity contribution is -0.121. The summed E-state index contributed by atoms with van der Waals surface area (Å²) in [5.74, 6) is 0.343. The first-order chi connectivity index (χ1) is 11.2. The minimum Gasteiger partial charge on any atom is -0.504 e. The number of aromatic hydroxyl groups is 1. The van der Waals surface area contributed by atoms with Crippen molar-refractivity contribution in [3.8, 4) is 11.5 Å². The van der Waals surface area contributed by atoms with Crippen molar-refractivity contribution in [1.82, 2.24) is 5.43 Å². The van der Waals surface area contributed by atoms with Crippen LogP contribution in [0.1, 0.15) is 64.4 Å². The lowest BCUT2D eigenvalue weighted by Crippen LogP contribution is -2.16. The molecule has 0 fully saturated rings. The number of hydrogen-bond donors (Lipinski definition) is 2. The molecule has 1 aromatic carbocycles. The van der Waals surface area contributed by atoms with Crippen molar-refractivity contribution in [3.63, 3.8) is 0 Å². The molecule has 0 aromatic heterocycles. The molecule has 0 aliphatic rings. The number of ether oxygens (including phenoxy) is 1. The molecule has 1 rings (SSSR count). The maximum Gasteiger partial charge on any atom is 0.240 e. The number of nitrogens with one attached hydrogen (secondary N) is 1. The van der Waals surface area contributed by atoms with Gasteiger partial charge >= 0.3 is 0 Å². The molecule has 128 valence electrons. The van der Waals surface area contributed by atoms with E-state index in [-0.39, 0.29) is 11.7 Å². The van der Waals surface area contributed by atoms with Crippen molar-refractivity contribution in [1.29, 1.82) is 0 Å². The molecule has 0 atom stereocenters. The number of benzene rings is 1. The van der Waals surface area contributed by atoms with Gasteiger partial charge in [-0.3, -0.25) is 4.79 Å². The van der Waals surface area contributed by atoms with Crippen LogP contribution < -0.4 is 10.2 Å². The zero-order valence-corrected chi connectivity index (χ0v) is 14.2. The number of hydrogen-bond acceptors (Lipinski definition) is 4. The fourth-order valence-corrected chi connectivity index (χ4v) is 2.21. The summed E-state index contributed by atoms with van der Waals surface area (Å²) in [6.07, 6.45) is 8.79. The largest absolute Gasteiger partial charge is 0.504 e. The predicted octanol–water partition coefficient (Wildman–Crippen LogP) is 3.99. The SMILES string of the molecule is CCCCCCCCC(=O)N/N=C/c1cccc(OCC)c1O. The summed E-state index contributed by atoms with van der Waals surface area (Å²) in [5, 5.41) is 13.9. The van der Waals surface area contributed by atoms with E-state index >= 15 is 0 Å². The zero-order chi connectivity index (χ0) is 16.9. The summed E-state index contributed by atoms with van der Waals surface area (Å²) in [6.45, 7) is 4.51. The second kappa shape index (κ2) is 11.5. The number of para-hydroxylation sites is 1. The highest BCUT2D eigenvalue weighted by molar-refractivity contribution is 5.86. The third-order valence-electron chi connectivity index (χ3n) is 3.48. The van der Waals surface area contributed by atoms with Gasteiger partial charge in [-0.25, -0.2) is 5.43 Å². The van der Waals surface area contributed by atoms with Crippen LogP contribution in [0.5, 0.6) is 11.5 Å². The van der Waals surface area contributed by atoms with Gasteiger partial charge in [-0.1, -0.05) is 45.1 Å². The smallest absolute Gasteiger partial charge is 0.240 e. The van der Waals surface area contributed by atoms with Crippen LogP contribution in [0.3, 0.4) is 0 Å². The third kappa shape index (κ3) is 7.68.